The van der Waals surface area contributed by atoms with Crippen molar-refractivity contribution >= 4 is 5.97 Å². The molecule has 4 nitrogen and oxygen atoms in total. The first-order valence-corrected chi connectivity index (χ1v) is 5.32. The Labute approximate surface area is 88.3 Å². The van der Waals surface area contributed by atoms with Crippen molar-refractivity contribution in [3.05, 3.63) is 17.0 Å². The summed E-state index contributed by atoms with van der Waals surface area (Å²) in [5, 5.41) is 12.5. The molecule has 0 saturated carbocycles. The molecule has 1 aliphatic rings. The predicted octanol–water partition coefficient (Wildman–Crippen LogP) is 1.95. The van der Waals surface area contributed by atoms with Gasteiger partial charge in [-0.1, -0.05) is 5.16 Å². The van der Waals surface area contributed by atoms with Crippen LogP contribution in [0, 0.1) is 12.8 Å². The molecule has 0 saturated heterocycles. The van der Waals surface area contributed by atoms with Gasteiger partial charge >= 0.3 is 5.97 Å². The normalized spacial score (nSPS) is 19.9. The van der Waals surface area contributed by atoms with Crippen molar-refractivity contribution < 1.29 is 14.4 Å². The van der Waals surface area contributed by atoms with Crippen molar-refractivity contribution in [2.24, 2.45) is 5.92 Å². The Kier molecular flexibility index (Phi) is 2.75. The third kappa shape index (κ3) is 2.19. The Morgan fingerprint density at radius 3 is 3.20 bits per heavy atom. The Morgan fingerprint density at radius 2 is 2.47 bits per heavy atom. The topological polar surface area (TPSA) is 63.3 Å². The standard InChI is InChI=1S/C11H15NO3/c1-7-9-4-2-8(3-5-11(13)14)6-10(9)15-12-7/h8H,2-6H2,1H3,(H,13,14). The number of aromatic nitrogens is 1. The second-order valence-corrected chi connectivity index (χ2v) is 4.21. The minimum atomic E-state index is -0.713. The zero-order valence-electron chi connectivity index (χ0n) is 8.82. The number of aryl methyl sites for hydroxylation is 1. The van der Waals surface area contributed by atoms with Gasteiger partial charge in [0.15, 0.2) is 0 Å². The molecule has 4 heteroatoms. The molecule has 82 valence electrons. The monoisotopic (exact) mass is 209 g/mol. The molecule has 1 N–H and O–H groups in total. The van der Waals surface area contributed by atoms with Gasteiger partial charge in [-0.05, 0) is 32.1 Å². The number of carbonyl (C=O) groups is 1. The first-order chi connectivity index (χ1) is 7.16. The van der Waals surface area contributed by atoms with Crippen molar-refractivity contribution in [3.63, 3.8) is 0 Å². The first-order valence-electron chi connectivity index (χ1n) is 5.32. The SMILES string of the molecule is Cc1noc2c1CCC(CCC(=O)O)C2. The Morgan fingerprint density at radius 1 is 1.67 bits per heavy atom. The summed E-state index contributed by atoms with van der Waals surface area (Å²) >= 11 is 0. The quantitative estimate of drug-likeness (QED) is 0.826. The van der Waals surface area contributed by atoms with E-state index in [1.165, 1.54) is 5.56 Å². The molecular formula is C11H15NO3. The highest BCUT2D eigenvalue weighted by molar-refractivity contribution is 5.66. The maximum Gasteiger partial charge on any atom is 0.303 e. The van der Waals surface area contributed by atoms with Gasteiger partial charge in [-0.25, -0.2) is 0 Å². The largest absolute Gasteiger partial charge is 0.481 e. The van der Waals surface area contributed by atoms with Gasteiger partial charge in [-0.15, -0.1) is 0 Å². The molecule has 1 atom stereocenters. The maximum atomic E-state index is 10.5. The molecule has 0 radical (unpaired) electrons. The van der Waals surface area contributed by atoms with Gasteiger partial charge in [0.05, 0.1) is 5.69 Å². The lowest BCUT2D eigenvalue weighted by Crippen LogP contribution is -2.14. The van der Waals surface area contributed by atoms with Crippen LogP contribution in [0.5, 0.6) is 0 Å². The van der Waals surface area contributed by atoms with E-state index < -0.39 is 5.97 Å². The Balaban J connectivity index is 1.97. The van der Waals surface area contributed by atoms with Gasteiger partial charge in [0, 0.05) is 18.4 Å². The molecule has 1 unspecified atom stereocenters. The van der Waals surface area contributed by atoms with E-state index in [1.807, 2.05) is 6.92 Å². The van der Waals surface area contributed by atoms with Gasteiger partial charge in [-0.2, -0.15) is 0 Å². The molecule has 0 fully saturated rings. The zero-order valence-corrected chi connectivity index (χ0v) is 8.82. The average Bonchev–Trinajstić information content (AvgIpc) is 2.57. The van der Waals surface area contributed by atoms with E-state index in [4.69, 9.17) is 9.63 Å². The van der Waals surface area contributed by atoms with Crippen molar-refractivity contribution in [2.75, 3.05) is 0 Å². The number of rotatable bonds is 3. The van der Waals surface area contributed by atoms with Gasteiger partial charge < -0.3 is 9.63 Å². The summed E-state index contributed by atoms with van der Waals surface area (Å²) in [6.45, 7) is 1.96. The number of aliphatic carboxylic acids is 1. The van der Waals surface area contributed by atoms with Crippen LogP contribution >= 0.6 is 0 Å². The van der Waals surface area contributed by atoms with Crippen molar-refractivity contribution in [3.8, 4) is 0 Å². The fourth-order valence-electron chi connectivity index (χ4n) is 2.20. The van der Waals surface area contributed by atoms with E-state index in [9.17, 15) is 4.79 Å². The van der Waals surface area contributed by atoms with Crippen LogP contribution in [0.4, 0.5) is 0 Å². The third-order valence-corrected chi connectivity index (χ3v) is 3.11. The number of hydrogen-bond acceptors (Lipinski definition) is 3. The van der Waals surface area contributed by atoms with Gasteiger partial charge in [0.25, 0.3) is 0 Å². The fourth-order valence-corrected chi connectivity index (χ4v) is 2.20. The Bertz CT molecular complexity index is 370. The summed E-state index contributed by atoms with van der Waals surface area (Å²) in [6.07, 6.45) is 3.89. The van der Waals surface area contributed by atoms with Crippen molar-refractivity contribution in [2.45, 2.75) is 39.0 Å². The van der Waals surface area contributed by atoms with Crippen LogP contribution in [-0.4, -0.2) is 16.2 Å². The summed E-state index contributed by atoms with van der Waals surface area (Å²) in [4.78, 5) is 10.5. The fraction of sp³-hybridized carbons (Fsp3) is 0.636. The van der Waals surface area contributed by atoms with E-state index in [1.54, 1.807) is 0 Å². The molecule has 0 aliphatic heterocycles. The molecule has 0 aromatic carbocycles. The molecule has 1 heterocycles. The van der Waals surface area contributed by atoms with Gasteiger partial charge in [0.1, 0.15) is 5.76 Å². The van der Waals surface area contributed by atoms with Crippen LogP contribution in [-0.2, 0) is 17.6 Å². The van der Waals surface area contributed by atoms with Gasteiger partial charge in [-0.3, -0.25) is 4.79 Å². The number of fused-ring (bicyclic) bond motifs is 1. The van der Waals surface area contributed by atoms with Crippen LogP contribution in [0.3, 0.4) is 0 Å². The van der Waals surface area contributed by atoms with Crippen LogP contribution < -0.4 is 0 Å². The lowest BCUT2D eigenvalue weighted by atomic mass is 9.85. The Hall–Kier alpha value is -1.32. The third-order valence-electron chi connectivity index (χ3n) is 3.11. The summed E-state index contributed by atoms with van der Waals surface area (Å²) < 4.78 is 5.23. The number of hydrogen-bond donors (Lipinski definition) is 1. The molecule has 15 heavy (non-hydrogen) atoms. The smallest absolute Gasteiger partial charge is 0.303 e. The molecule has 0 amide bonds. The number of carboxylic acids is 1. The second kappa shape index (κ2) is 4.04. The predicted molar refractivity (Wildman–Crippen MR) is 53.6 cm³/mol. The first kappa shape index (κ1) is 10.2. The molecular weight excluding hydrogens is 194 g/mol. The molecule has 0 spiro atoms. The van der Waals surface area contributed by atoms with E-state index in [0.717, 1.165) is 37.1 Å². The number of carboxylic acid groups (broad SMARTS) is 1. The van der Waals surface area contributed by atoms with Crippen molar-refractivity contribution in [1.29, 1.82) is 0 Å². The van der Waals surface area contributed by atoms with E-state index in [0.29, 0.717) is 5.92 Å². The van der Waals surface area contributed by atoms with E-state index >= 15 is 0 Å². The van der Waals surface area contributed by atoms with E-state index in [-0.39, 0.29) is 6.42 Å². The summed E-state index contributed by atoms with van der Waals surface area (Å²) in [5.74, 6) is 0.699. The maximum absolute atomic E-state index is 10.5. The number of nitrogens with zero attached hydrogens (tertiary/aromatic N) is 1. The molecule has 1 aromatic heterocycles. The van der Waals surface area contributed by atoms with Crippen LogP contribution in [0.25, 0.3) is 0 Å². The molecule has 1 aromatic rings. The minimum Gasteiger partial charge on any atom is -0.481 e. The van der Waals surface area contributed by atoms with Crippen LogP contribution in [0.15, 0.2) is 4.52 Å². The minimum absolute atomic E-state index is 0.257. The lowest BCUT2D eigenvalue weighted by Gasteiger charge is -2.19. The van der Waals surface area contributed by atoms with E-state index in [2.05, 4.69) is 5.16 Å². The van der Waals surface area contributed by atoms with Crippen LogP contribution in [0.1, 0.15) is 36.3 Å². The summed E-state index contributed by atoms with van der Waals surface area (Å²) in [7, 11) is 0. The average molecular weight is 209 g/mol. The highest BCUT2D eigenvalue weighted by Crippen LogP contribution is 2.29. The van der Waals surface area contributed by atoms with Gasteiger partial charge in [0.2, 0.25) is 0 Å². The lowest BCUT2D eigenvalue weighted by molar-refractivity contribution is -0.137. The highest BCUT2D eigenvalue weighted by Gasteiger charge is 2.24. The molecule has 1 aliphatic carbocycles. The summed E-state index contributed by atoms with van der Waals surface area (Å²) in [5.41, 5.74) is 2.23. The summed E-state index contributed by atoms with van der Waals surface area (Å²) in [6, 6.07) is 0. The zero-order chi connectivity index (χ0) is 10.8. The highest BCUT2D eigenvalue weighted by atomic mass is 16.5. The van der Waals surface area contributed by atoms with Crippen molar-refractivity contribution in [1.82, 2.24) is 5.16 Å². The second-order valence-electron chi connectivity index (χ2n) is 4.21. The molecule has 0 bridgehead atoms. The van der Waals surface area contributed by atoms with Crippen LogP contribution in [0.2, 0.25) is 0 Å². The molecule has 2 rings (SSSR count).